The third-order valence-corrected chi connectivity index (χ3v) is 4.44. The minimum Gasteiger partial charge on any atom is -0.495 e. The maximum atomic E-state index is 12.7. The molecule has 0 fully saturated rings. The summed E-state index contributed by atoms with van der Waals surface area (Å²) in [5.74, 6) is 0.626. The molecule has 0 aliphatic carbocycles. The van der Waals surface area contributed by atoms with Gasteiger partial charge in [-0.2, -0.15) is 0 Å². The molecule has 1 heterocycles. The number of fused-ring (bicyclic) bond motifs is 1. The van der Waals surface area contributed by atoms with Crippen molar-refractivity contribution in [2.75, 3.05) is 25.6 Å². The van der Waals surface area contributed by atoms with E-state index >= 15 is 0 Å². The molecule has 0 saturated heterocycles. The lowest BCUT2D eigenvalue weighted by molar-refractivity contribution is 0.135. The lowest BCUT2D eigenvalue weighted by Crippen LogP contribution is -2.43. The number of nitrogens with one attached hydrogen (secondary N) is 1. The van der Waals surface area contributed by atoms with Crippen molar-refractivity contribution in [1.82, 2.24) is 4.90 Å². The molecule has 2 N–H and O–H groups in total. The number of aliphatic hydroxyl groups is 1. The second-order valence-corrected chi connectivity index (χ2v) is 5.97. The smallest absolute Gasteiger partial charge is 0.322 e. The van der Waals surface area contributed by atoms with Crippen LogP contribution in [0.5, 0.6) is 5.75 Å². The van der Waals surface area contributed by atoms with Gasteiger partial charge in [-0.05, 0) is 42.2 Å². The number of carbonyl (C=O) groups is 1. The van der Waals surface area contributed by atoms with Crippen molar-refractivity contribution >= 4 is 11.7 Å². The van der Waals surface area contributed by atoms with E-state index in [9.17, 15) is 9.90 Å². The van der Waals surface area contributed by atoms with Gasteiger partial charge in [0.25, 0.3) is 0 Å². The Kier molecular flexibility index (Phi) is 4.71. The van der Waals surface area contributed by atoms with Gasteiger partial charge in [0.05, 0.1) is 25.4 Å². The van der Waals surface area contributed by atoms with Gasteiger partial charge in [-0.15, -0.1) is 0 Å². The molecule has 3 rings (SSSR count). The van der Waals surface area contributed by atoms with Gasteiger partial charge in [-0.1, -0.05) is 30.3 Å². The fourth-order valence-corrected chi connectivity index (χ4v) is 3.18. The Hall–Kier alpha value is -2.53. The second-order valence-electron chi connectivity index (χ2n) is 5.97. The molecular weight excluding hydrogens is 304 g/mol. The molecule has 24 heavy (non-hydrogen) atoms. The number of carbonyl (C=O) groups excluding carboxylic acids is 1. The SMILES string of the molecule is COc1cc(C)ccc1NC(=O)N1CCc2ccccc2C1CO. The summed E-state index contributed by atoms with van der Waals surface area (Å²) < 4.78 is 5.34. The molecule has 5 nitrogen and oxygen atoms in total. The first-order valence-electron chi connectivity index (χ1n) is 8.05. The van der Waals surface area contributed by atoms with E-state index in [2.05, 4.69) is 11.4 Å². The molecule has 0 radical (unpaired) electrons. The zero-order valence-electron chi connectivity index (χ0n) is 14.0. The minimum absolute atomic E-state index is 0.102. The summed E-state index contributed by atoms with van der Waals surface area (Å²) in [4.78, 5) is 14.4. The Balaban J connectivity index is 1.83. The number of ether oxygens (including phenoxy) is 1. The van der Waals surface area contributed by atoms with E-state index < -0.39 is 0 Å². The third-order valence-electron chi connectivity index (χ3n) is 4.44. The molecule has 0 spiro atoms. The highest BCUT2D eigenvalue weighted by molar-refractivity contribution is 5.91. The number of urea groups is 1. The average Bonchev–Trinajstić information content (AvgIpc) is 2.61. The number of methoxy groups -OCH3 is 1. The van der Waals surface area contributed by atoms with Crippen LogP contribution in [-0.4, -0.2) is 36.3 Å². The molecule has 126 valence electrons. The van der Waals surface area contributed by atoms with Crippen LogP contribution in [0.3, 0.4) is 0 Å². The topological polar surface area (TPSA) is 61.8 Å². The summed E-state index contributed by atoms with van der Waals surface area (Å²) in [5.41, 5.74) is 3.89. The average molecular weight is 326 g/mol. The van der Waals surface area contributed by atoms with Crippen molar-refractivity contribution in [3.05, 3.63) is 59.2 Å². The van der Waals surface area contributed by atoms with Crippen LogP contribution in [0, 0.1) is 6.92 Å². The number of nitrogens with zero attached hydrogens (tertiary/aromatic N) is 1. The Bertz CT molecular complexity index is 745. The monoisotopic (exact) mass is 326 g/mol. The van der Waals surface area contributed by atoms with Crippen LogP contribution in [0.1, 0.15) is 22.7 Å². The molecule has 2 aromatic carbocycles. The van der Waals surface area contributed by atoms with Crippen molar-refractivity contribution in [1.29, 1.82) is 0 Å². The first-order valence-corrected chi connectivity index (χ1v) is 8.05. The molecule has 0 aromatic heterocycles. The standard InChI is InChI=1S/C19H22N2O3/c1-13-7-8-16(18(11-13)24-2)20-19(23)21-10-9-14-5-3-4-6-15(14)17(21)12-22/h3-8,11,17,22H,9-10,12H2,1-2H3,(H,20,23). The Morgan fingerprint density at radius 1 is 1.33 bits per heavy atom. The summed E-state index contributed by atoms with van der Waals surface area (Å²) in [6.07, 6.45) is 0.783. The molecule has 1 unspecified atom stereocenters. The molecule has 2 amide bonds. The van der Waals surface area contributed by atoms with Crippen LogP contribution in [-0.2, 0) is 6.42 Å². The van der Waals surface area contributed by atoms with E-state index in [1.54, 1.807) is 12.0 Å². The quantitative estimate of drug-likeness (QED) is 0.911. The lowest BCUT2D eigenvalue weighted by atomic mass is 9.93. The van der Waals surface area contributed by atoms with E-state index in [4.69, 9.17) is 4.74 Å². The van der Waals surface area contributed by atoms with E-state index in [-0.39, 0.29) is 18.7 Å². The number of benzene rings is 2. The van der Waals surface area contributed by atoms with Gasteiger partial charge in [-0.3, -0.25) is 0 Å². The van der Waals surface area contributed by atoms with Crippen molar-refractivity contribution < 1.29 is 14.6 Å². The summed E-state index contributed by atoms with van der Waals surface area (Å²) in [6.45, 7) is 2.44. The predicted molar refractivity (Wildman–Crippen MR) is 93.4 cm³/mol. The molecule has 5 heteroatoms. The van der Waals surface area contributed by atoms with Gasteiger partial charge in [0.15, 0.2) is 0 Å². The van der Waals surface area contributed by atoms with Crippen LogP contribution in [0.4, 0.5) is 10.5 Å². The third kappa shape index (κ3) is 3.08. The van der Waals surface area contributed by atoms with Gasteiger partial charge in [0.1, 0.15) is 5.75 Å². The van der Waals surface area contributed by atoms with Crippen LogP contribution < -0.4 is 10.1 Å². The summed E-state index contributed by atoms with van der Waals surface area (Å²) in [6, 6.07) is 13.0. The number of aliphatic hydroxyl groups excluding tert-OH is 1. The van der Waals surface area contributed by atoms with E-state index in [1.165, 1.54) is 5.56 Å². The van der Waals surface area contributed by atoms with Gasteiger partial charge >= 0.3 is 6.03 Å². The highest BCUT2D eigenvalue weighted by Crippen LogP contribution is 2.31. The number of aryl methyl sites for hydroxylation is 1. The van der Waals surface area contributed by atoms with E-state index in [0.717, 1.165) is 17.5 Å². The number of anilines is 1. The van der Waals surface area contributed by atoms with Crippen molar-refractivity contribution in [2.24, 2.45) is 0 Å². The van der Waals surface area contributed by atoms with Crippen LogP contribution in [0.25, 0.3) is 0 Å². The van der Waals surface area contributed by atoms with Gasteiger partial charge in [0.2, 0.25) is 0 Å². The zero-order chi connectivity index (χ0) is 17.1. The van der Waals surface area contributed by atoms with Crippen molar-refractivity contribution in [2.45, 2.75) is 19.4 Å². The fourth-order valence-electron chi connectivity index (χ4n) is 3.18. The van der Waals surface area contributed by atoms with Crippen LogP contribution in [0.15, 0.2) is 42.5 Å². The van der Waals surface area contributed by atoms with Gasteiger partial charge in [0, 0.05) is 6.54 Å². The highest BCUT2D eigenvalue weighted by Gasteiger charge is 2.30. The number of amides is 2. The van der Waals surface area contributed by atoms with Crippen LogP contribution >= 0.6 is 0 Å². The molecule has 0 saturated carbocycles. The van der Waals surface area contributed by atoms with Crippen molar-refractivity contribution in [3.63, 3.8) is 0 Å². The van der Waals surface area contributed by atoms with Crippen molar-refractivity contribution in [3.8, 4) is 5.75 Å². The summed E-state index contributed by atoms with van der Waals surface area (Å²) >= 11 is 0. The van der Waals surface area contributed by atoms with Gasteiger partial charge in [-0.25, -0.2) is 4.79 Å². The second kappa shape index (κ2) is 6.93. The number of rotatable bonds is 3. The minimum atomic E-state index is -0.327. The Labute approximate surface area is 141 Å². The zero-order valence-corrected chi connectivity index (χ0v) is 14.0. The molecular formula is C19H22N2O3. The molecule has 1 atom stereocenters. The first-order chi connectivity index (χ1) is 11.6. The molecule has 1 aliphatic heterocycles. The maximum absolute atomic E-state index is 12.7. The van der Waals surface area contributed by atoms with E-state index in [1.807, 2.05) is 43.3 Å². The predicted octanol–water partition coefficient (Wildman–Crippen LogP) is 3.13. The first kappa shape index (κ1) is 16.3. The fraction of sp³-hybridized carbons (Fsp3) is 0.316. The number of hydrogen-bond acceptors (Lipinski definition) is 3. The normalized spacial score (nSPS) is 16.5. The molecule has 0 bridgehead atoms. The molecule has 1 aliphatic rings. The Morgan fingerprint density at radius 3 is 2.88 bits per heavy atom. The van der Waals surface area contributed by atoms with E-state index in [0.29, 0.717) is 18.0 Å². The van der Waals surface area contributed by atoms with Crippen LogP contribution in [0.2, 0.25) is 0 Å². The largest absolute Gasteiger partial charge is 0.495 e. The van der Waals surface area contributed by atoms with Gasteiger partial charge < -0.3 is 20.1 Å². The highest BCUT2D eigenvalue weighted by atomic mass is 16.5. The molecule has 2 aromatic rings. The number of hydrogen-bond donors (Lipinski definition) is 2. The maximum Gasteiger partial charge on any atom is 0.322 e. The summed E-state index contributed by atoms with van der Waals surface area (Å²) in [7, 11) is 1.58. The Morgan fingerprint density at radius 2 is 2.12 bits per heavy atom. The lowest BCUT2D eigenvalue weighted by Gasteiger charge is -2.36. The summed E-state index contributed by atoms with van der Waals surface area (Å²) in [5, 5.41) is 12.7.